The van der Waals surface area contributed by atoms with Crippen LogP contribution in [0.25, 0.3) is 0 Å². The molecular formula is C13H14FIN2O. The molecule has 18 heavy (non-hydrogen) atoms. The molecule has 0 radical (unpaired) electrons. The Bertz CT molecular complexity index is 494. The van der Waals surface area contributed by atoms with Gasteiger partial charge in [-0.25, -0.2) is 4.39 Å². The molecule has 2 saturated heterocycles. The summed E-state index contributed by atoms with van der Waals surface area (Å²) in [7, 11) is 0. The van der Waals surface area contributed by atoms with Crippen LogP contribution in [0.5, 0.6) is 0 Å². The van der Waals surface area contributed by atoms with Crippen LogP contribution < -0.4 is 5.32 Å². The first-order valence-corrected chi connectivity index (χ1v) is 7.24. The molecule has 1 amide bonds. The van der Waals surface area contributed by atoms with Crippen molar-refractivity contribution in [3.63, 3.8) is 0 Å². The highest BCUT2D eigenvalue weighted by Gasteiger charge is 2.42. The van der Waals surface area contributed by atoms with Crippen LogP contribution in [0, 0.1) is 9.39 Å². The molecule has 96 valence electrons. The molecule has 1 N–H and O–H groups in total. The Morgan fingerprint density at radius 2 is 2.28 bits per heavy atom. The van der Waals surface area contributed by atoms with Crippen molar-refractivity contribution < 1.29 is 9.18 Å². The minimum absolute atomic E-state index is 0.121. The fourth-order valence-corrected chi connectivity index (χ4v) is 3.44. The monoisotopic (exact) mass is 360 g/mol. The average molecular weight is 360 g/mol. The smallest absolute Gasteiger partial charge is 0.225 e. The quantitative estimate of drug-likeness (QED) is 0.823. The summed E-state index contributed by atoms with van der Waals surface area (Å²) in [6.07, 6.45) is 2.65. The van der Waals surface area contributed by atoms with Crippen molar-refractivity contribution in [3.8, 4) is 0 Å². The number of carbonyl (C=O) groups excluding carboxylic acids is 1. The molecule has 0 bridgehead atoms. The fourth-order valence-electron chi connectivity index (χ4n) is 2.92. The van der Waals surface area contributed by atoms with Gasteiger partial charge in [-0.1, -0.05) is 6.07 Å². The van der Waals surface area contributed by atoms with Crippen LogP contribution in [0.2, 0.25) is 0 Å². The zero-order valence-corrected chi connectivity index (χ0v) is 12.0. The van der Waals surface area contributed by atoms with E-state index in [0.29, 0.717) is 9.99 Å². The molecule has 3 rings (SSSR count). The van der Waals surface area contributed by atoms with Crippen LogP contribution in [0.3, 0.4) is 0 Å². The van der Waals surface area contributed by atoms with Crippen molar-refractivity contribution in [2.75, 3.05) is 11.9 Å². The Morgan fingerprint density at radius 1 is 1.44 bits per heavy atom. The third-order valence-corrected chi connectivity index (χ3v) is 4.87. The van der Waals surface area contributed by atoms with Crippen LogP contribution in [0.1, 0.15) is 19.3 Å². The van der Waals surface area contributed by atoms with E-state index in [0.717, 1.165) is 25.1 Å². The number of amides is 1. The first-order valence-electron chi connectivity index (χ1n) is 6.17. The van der Waals surface area contributed by atoms with Crippen molar-refractivity contribution in [1.29, 1.82) is 0 Å². The summed E-state index contributed by atoms with van der Waals surface area (Å²) in [5.74, 6) is 0.00890. The second-order valence-electron chi connectivity index (χ2n) is 4.85. The summed E-state index contributed by atoms with van der Waals surface area (Å²) in [5, 5.41) is 3.34. The Kier molecular flexibility index (Phi) is 3.17. The van der Waals surface area contributed by atoms with Gasteiger partial charge in [0.25, 0.3) is 0 Å². The number of hydrogen-bond donors (Lipinski definition) is 1. The van der Waals surface area contributed by atoms with Crippen LogP contribution in [-0.4, -0.2) is 29.4 Å². The molecule has 1 aromatic rings. The lowest BCUT2D eigenvalue weighted by Crippen LogP contribution is -2.34. The van der Waals surface area contributed by atoms with Gasteiger partial charge in [-0.15, -0.1) is 0 Å². The Labute approximate surface area is 119 Å². The zero-order valence-electron chi connectivity index (χ0n) is 9.83. The maximum absolute atomic E-state index is 13.5. The average Bonchev–Trinajstić information content (AvgIpc) is 2.91. The molecule has 5 heteroatoms. The van der Waals surface area contributed by atoms with Crippen molar-refractivity contribution in [2.24, 2.45) is 0 Å². The van der Waals surface area contributed by atoms with E-state index >= 15 is 0 Å². The number of nitrogens with one attached hydrogen (secondary N) is 1. The normalized spacial score (nSPS) is 26.6. The second-order valence-corrected chi connectivity index (χ2v) is 5.93. The van der Waals surface area contributed by atoms with Gasteiger partial charge in [0.1, 0.15) is 5.82 Å². The summed E-state index contributed by atoms with van der Waals surface area (Å²) in [4.78, 5) is 13.8. The summed E-state index contributed by atoms with van der Waals surface area (Å²) < 4.78 is 14.1. The van der Waals surface area contributed by atoms with E-state index in [1.807, 2.05) is 33.6 Å². The van der Waals surface area contributed by atoms with Gasteiger partial charge >= 0.3 is 0 Å². The molecular weight excluding hydrogens is 346 g/mol. The first kappa shape index (κ1) is 12.2. The molecule has 2 aliphatic heterocycles. The van der Waals surface area contributed by atoms with E-state index in [-0.39, 0.29) is 23.8 Å². The molecule has 0 spiro atoms. The molecule has 2 unspecified atom stereocenters. The van der Waals surface area contributed by atoms with Crippen LogP contribution >= 0.6 is 22.6 Å². The lowest BCUT2D eigenvalue weighted by molar-refractivity contribution is -0.127. The van der Waals surface area contributed by atoms with Gasteiger partial charge in [0, 0.05) is 13.0 Å². The van der Waals surface area contributed by atoms with Crippen molar-refractivity contribution in [1.82, 2.24) is 4.90 Å². The maximum Gasteiger partial charge on any atom is 0.225 e. The molecule has 0 saturated carbocycles. The van der Waals surface area contributed by atoms with E-state index in [2.05, 4.69) is 5.32 Å². The van der Waals surface area contributed by atoms with Gasteiger partial charge < -0.3 is 10.2 Å². The standard InChI is InChI=1S/C13H14FIN2O/c14-8-3-1-4-9(13(8)15)16-10-7-12(18)17-6-2-5-11(10)17/h1,3-4,10-11,16H,2,5-7H2. The maximum atomic E-state index is 13.5. The number of carbonyl (C=O) groups is 1. The Hall–Kier alpha value is -0.850. The van der Waals surface area contributed by atoms with E-state index in [1.54, 1.807) is 6.07 Å². The highest BCUT2D eigenvalue weighted by atomic mass is 127. The molecule has 2 heterocycles. The Morgan fingerprint density at radius 3 is 3.11 bits per heavy atom. The van der Waals surface area contributed by atoms with Gasteiger partial charge in [0.2, 0.25) is 5.91 Å². The Balaban J connectivity index is 1.81. The summed E-state index contributed by atoms with van der Waals surface area (Å²) in [6, 6.07) is 5.43. The van der Waals surface area contributed by atoms with Crippen LogP contribution in [-0.2, 0) is 4.79 Å². The molecule has 2 atom stereocenters. The summed E-state index contributed by atoms with van der Waals surface area (Å²) in [6.45, 7) is 0.877. The minimum Gasteiger partial charge on any atom is -0.379 e. The largest absolute Gasteiger partial charge is 0.379 e. The molecule has 1 aromatic carbocycles. The number of hydrogen-bond acceptors (Lipinski definition) is 2. The SMILES string of the molecule is O=C1CC(Nc2cccc(F)c2I)C2CCCN12. The summed E-state index contributed by atoms with van der Waals surface area (Å²) >= 11 is 2.00. The van der Waals surface area contributed by atoms with Gasteiger partial charge in [0.05, 0.1) is 21.3 Å². The van der Waals surface area contributed by atoms with E-state index in [9.17, 15) is 9.18 Å². The van der Waals surface area contributed by atoms with Crippen LogP contribution in [0.4, 0.5) is 10.1 Å². The van der Waals surface area contributed by atoms with Crippen molar-refractivity contribution in [3.05, 3.63) is 27.6 Å². The van der Waals surface area contributed by atoms with Gasteiger partial charge in [-0.2, -0.15) is 0 Å². The van der Waals surface area contributed by atoms with Crippen molar-refractivity contribution >= 4 is 34.2 Å². The first-order chi connectivity index (χ1) is 8.66. The number of anilines is 1. The predicted molar refractivity (Wildman–Crippen MR) is 75.9 cm³/mol. The fraction of sp³-hybridized carbons (Fsp3) is 0.462. The van der Waals surface area contributed by atoms with Gasteiger partial charge in [0.15, 0.2) is 0 Å². The lowest BCUT2D eigenvalue weighted by Gasteiger charge is -2.22. The molecule has 2 aliphatic rings. The molecule has 3 nitrogen and oxygen atoms in total. The number of halogens is 2. The predicted octanol–water partition coefficient (Wildman–Crippen LogP) is 2.61. The molecule has 2 fully saturated rings. The molecule has 0 aromatic heterocycles. The third kappa shape index (κ3) is 1.98. The number of fused-ring (bicyclic) bond motifs is 1. The topological polar surface area (TPSA) is 32.3 Å². The van der Waals surface area contributed by atoms with Crippen LogP contribution in [0.15, 0.2) is 18.2 Å². The van der Waals surface area contributed by atoms with Crippen molar-refractivity contribution in [2.45, 2.75) is 31.3 Å². The highest BCUT2D eigenvalue weighted by Crippen LogP contribution is 2.32. The number of nitrogens with zero attached hydrogens (tertiary/aromatic N) is 1. The van der Waals surface area contributed by atoms with E-state index in [4.69, 9.17) is 0 Å². The van der Waals surface area contributed by atoms with Gasteiger partial charge in [-0.3, -0.25) is 4.79 Å². The number of rotatable bonds is 2. The molecule has 0 aliphatic carbocycles. The van der Waals surface area contributed by atoms with E-state index in [1.165, 1.54) is 6.07 Å². The van der Waals surface area contributed by atoms with E-state index < -0.39 is 0 Å². The highest BCUT2D eigenvalue weighted by molar-refractivity contribution is 14.1. The summed E-state index contributed by atoms with van der Waals surface area (Å²) in [5.41, 5.74) is 0.794. The lowest BCUT2D eigenvalue weighted by atomic mass is 10.1. The zero-order chi connectivity index (χ0) is 12.7. The van der Waals surface area contributed by atoms with Gasteiger partial charge in [-0.05, 0) is 47.6 Å². The second kappa shape index (κ2) is 4.68. The number of benzene rings is 1. The third-order valence-electron chi connectivity index (χ3n) is 3.77. The minimum atomic E-state index is -0.215.